The number of halogens is 4. The van der Waals surface area contributed by atoms with Gasteiger partial charge in [0.25, 0.3) is 5.91 Å². The van der Waals surface area contributed by atoms with Crippen molar-refractivity contribution >= 4 is 33.2 Å². The number of pyridine rings is 1. The Hall–Kier alpha value is -3.18. The lowest BCUT2D eigenvalue weighted by Crippen LogP contribution is -2.26. The van der Waals surface area contributed by atoms with E-state index in [9.17, 15) is 26.4 Å². The second-order valence-corrected chi connectivity index (χ2v) is 8.66. The number of para-hydroxylation sites is 1. The van der Waals surface area contributed by atoms with E-state index in [0.717, 1.165) is 6.26 Å². The Morgan fingerprint density at radius 2 is 2.00 bits per heavy atom. The first-order valence-corrected chi connectivity index (χ1v) is 11.1. The van der Waals surface area contributed by atoms with E-state index >= 15 is 0 Å². The van der Waals surface area contributed by atoms with Crippen LogP contribution in [-0.2, 0) is 16.2 Å². The molecule has 3 rings (SSSR count). The number of allylic oxidation sites excluding steroid dienone is 4. The molecule has 32 heavy (non-hydrogen) atoms. The molecule has 7 nitrogen and oxygen atoms in total. The third-order valence-electron chi connectivity index (χ3n) is 3.98. The SMILES string of the molecule is CS(=O)(=O)N=C1C=CC=C(NC(=O)c2cc(C(F)(F)F)cnc2Oc2ccccc2Cl)C1. The topological polar surface area (TPSA) is 97.7 Å². The van der Waals surface area contributed by atoms with Crippen LogP contribution in [-0.4, -0.2) is 31.3 Å². The molecule has 1 N–H and O–H groups in total. The second kappa shape index (κ2) is 9.13. The molecule has 12 heteroatoms. The van der Waals surface area contributed by atoms with Crippen molar-refractivity contribution in [1.29, 1.82) is 0 Å². The van der Waals surface area contributed by atoms with Crippen LogP contribution in [0.2, 0.25) is 5.02 Å². The number of rotatable bonds is 5. The lowest BCUT2D eigenvalue weighted by Gasteiger charge is -2.16. The highest BCUT2D eigenvalue weighted by Gasteiger charge is 2.33. The molecule has 1 aromatic heterocycles. The van der Waals surface area contributed by atoms with E-state index in [4.69, 9.17) is 16.3 Å². The van der Waals surface area contributed by atoms with Crippen LogP contribution >= 0.6 is 11.6 Å². The van der Waals surface area contributed by atoms with Gasteiger partial charge in [0.15, 0.2) is 0 Å². The third-order valence-corrected chi connectivity index (χ3v) is 4.86. The van der Waals surface area contributed by atoms with E-state index in [2.05, 4.69) is 14.7 Å². The molecule has 1 aliphatic carbocycles. The minimum atomic E-state index is -4.74. The van der Waals surface area contributed by atoms with Gasteiger partial charge in [-0.2, -0.15) is 17.6 Å². The van der Waals surface area contributed by atoms with Gasteiger partial charge in [-0.25, -0.2) is 13.4 Å². The summed E-state index contributed by atoms with van der Waals surface area (Å²) in [5.41, 5.74) is -1.26. The highest BCUT2D eigenvalue weighted by molar-refractivity contribution is 7.89. The van der Waals surface area contributed by atoms with E-state index in [0.29, 0.717) is 12.3 Å². The summed E-state index contributed by atoms with van der Waals surface area (Å²) >= 11 is 6.02. The number of nitrogens with one attached hydrogen (secondary N) is 1. The fourth-order valence-corrected chi connectivity index (χ4v) is 3.37. The van der Waals surface area contributed by atoms with Crippen LogP contribution in [0.25, 0.3) is 0 Å². The van der Waals surface area contributed by atoms with Crippen molar-refractivity contribution in [1.82, 2.24) is 10.3 Å². The van der Waals surface area contributed by atoms with Gasteiger partial charge in [0.05, 0.1) is 22.6 Å². The van der Waals surface area contributed by atoms with Crippen LogP contribution in [0.4, 0.5) is 13.2 Å². The number of ether oxygens (including phenoxy) is 1. The molecule has 0 bridgehead atoms. The average Bonchev–Trinajstić information content (AvgIpc) is 2.68. The van der Waals surface area contributed by atoms with E-state index in [-0.39, 0.29) is 34.5 Å². The van der Waals surface area contributed by atoms with Crippen LogP contribution in [0, 0.1) is 0 Å². The van der Waals surface area contributed by atoms with E-state index < -0.39 is 33.2 Å². The predicted molar refractivity (Wildman–Crippen MR) is 112 cm³/mol. The number of benzene rings is 1. The van der Waals surface area contributed by atoms with Gasteiger partial charge in [-0.1, -0.05) is 29.8 Å². The summed E-state index contributed by atoms with van der Waals surface area (Å²) in [7, 11) is -3.67. The summed E-state index contributed by atoms with van der Waals surface area (Å²) in [6.45, 7) is 0. The van der Waals surface area contributed by atoms with Crippen LogP contribution in [0.15, 0.2) is 64.9 Å². The van der Waals surface area contributed by atoms with Crippen molar-refractivity contribution in [2.45, 2.75) is 12.6 Å². The maximum Gasteiger partial charge on any atom is 0.417 e. The first-order valence-electron chi connectivity index (χ1n) is 8.89. The van der Waals surface area contributed by atoms with Gasteiger partial charge >= 0.3 is 6.18 Å². The monoisotopic (exact) mass is 485 g/mol. The summed E-state index contributed by atoms with van der Waals surface area (Å²) in [6.07, 6.45) is 1.02. The van der Waals surface area contributed by atoms with E-state index in [1.807, 2.05) is 0 Å². The number of carbonyl (C=O) groups is 1. The largest absolute Gasteiger partial charge is 0.437 e. The molecule has 1 amide bonds. The van der Waals surface area contributed by atoms with Gasteiger partial charge in [-0.3, -0.25) is 4.79 Å². The summed E-state index contributed by atoms with van der Waals surface area (Å²) in [4.78, 5) is 16.5. The van der Waals surface area contributed by atoms with Crippen molar-refractivity contribution in [3.63, 3.8) is 0 Å². The molecule has 0 atom stereocenters. The Balaban J connectivity index is 1.93. The van der Waals surface area contributed by atoms with Gasteiger partial charge in [-0.05, 0) is 30.4 Å². The molecule has 0 radical (unpaired) electrons. The molecule has 168 valence electrons. The average molecular weight is 486 g/mol. The molecular weight excluding hydrogens is 471 g/mol. The van der Waals surface area contributed by atoms with E-state index in [1.165, 1.54) is 30.4 Å². The number of sulfonamides is 1. The first-order chi connectivity index (χ1) is 14.9. The van der Waals surface area contributed by atoms with Gasteiger partial charge < -0.3 is 10.1 Å². The Morgan fingerprint density at radius 1 is 1.28 bits per heavy atom. The highest BCUT2D eigenvalue weighted by Crippen LogP contribution is 2.34. The van der Waals surface area contributed by atoms with Gasteiger partial charge in [-0.15, -0.1) is 0 Å². The summed E-state index contributed by atoms with van der Waals surface area (Å²) in [5.74, 6) is -1.23. The standard InChI is InChI=1S/C20H15ClF3N3O4S/c1-32(29,30)27-14-6-4-5-13(10-14)26-18(28)15-9-12(20(22,23)24)11-25-19(15)31-17-8-3-2-7-16(17)21/h2-9,11H,10H2,1H3,(H,26,28). The number of nitrogens with zero attached hydrogens (tertiary/aromatic N) is 2. The smallest absolute Gasteiger partial charge is 0.417 e. The van der Waals surface area contributed by atoms with Crippen molar-refractivity contribution in [2.75, 3.05) is 6.26 Å². The van der Waals surface area contributed by atoms with Gasteiger partial charge in [0.1, 0.15) is 11.3 Å². The van der Waals surface area contributed by atoms with Gasteiger partial charge in [0, 0.05) is 18.3 Å². The molecule has 0 saturated heterocycles. The summed E-state index contributed by atoms with van der Waals surface area (Å²) in [6, 6.07) is 6.79. The Morgan fingerprint density at radius 3 is 2.66 bits per heavy atom. The Labute approximate surface area is 186 Å². The second-order valence-electron chi connectivity index (χ2n) is 6.60. The van der Waals surface area contributed by atoms with Crippen LogP contribution in [0.1, 0.15) is 22.3 Å². The molecule has 1 heterocycles. The normalized spacial score (nSPS) is 15.4. The number of hydrogen-bond acceptors (Lipinski definition) is 5. The number of aromatic nitrogens is 1. The lowest BCUT2D eigenvalue weighted by atomic mass is 10.1. The maximum absolute atomic E-state index is 13.2. The highest BCUT2D eigenvalue weighted by atomic mass is 35.5. The molecule has 0 fully saturated rings. The van der Waals surface area contributed by atoms with Crippen molar-refractivity contribution in [3.8, 4) is 11.6 Å². The molecule has 0 unspecified atom stereocenters. The van der Waals surface area contributed by atoms with Crippen LogP contribution in [0.5, 0.6) is 11.6 Å². The fraction of sp³-hybridized carbons (Fsp3) is 0.150. The Kier molecular flexibility index (Phi) is 6.70. The fourth-order valence-electron chi connectivity index (χ4n) is 2.65. The zero-order chi connectivity index (χ0) is 23.5. The molecule has 0 aliphatic heterocycles. The minimum Gasteiger partial charge on any atom is -0.437 e. The zero-order valence-electron chi connectivity index (χ0n) is 16.4. The van der Waals surface area contributed by atoms with Crippen molar-refractivity contribution in [2.24, 2.45) is 4.40 Å². The molecule has 1 aliphatic rings. The van der Waals surface area contributed by atoms with Crippen molar-refractivity contribution in [3.05, 3.63) is 76.6 Å². The number of amides is 1. The quantitative estimate of drug-likeness (QED) is 0.671. The summed E-state index contributed by atoms with van der Waals surface area (Å²) < 4.78 is 71.3. The molecule has 0 saturated carbocycles. The molecule has 2 aromatic rings. The van der Waals surface area contributed by atoms with Crippen LogP contribution in [0.3, 0.4) is 0 Å². The maximum atomic E-state index is 13.2. The molecule has 0 spiro atoms. The predicted octanol–water partition coefficient (Wildman–Crippen LogP) is 4.52. The summed E-state index contributed by atoms with van der Waals surface area (Å²) in [5, 5.41) is 2.61. The molecule has 1 aromatic carbocycles. The van der Waals surface area contributed by atoms with Crippen LogP contribution < -0.4 is 10.1 Å². The number of carbonyl (C=O) groups excluding carboxylic acids is 1. The third kappa shape index (κ3) is 6.17. The lowest BCUT2D eigenvalue weighted by molar-refractivity contribution is -0.137. The zero-order valence-corrected chi connectivity index (χ0v) is 17.9. The Bertz CT molecular complexity index is 1250. The van der Waals surface area contributed by atoms with Crippen molar-refractivity contribution < 1.29 is 31.1 Å². The van der Waals surface area contributed by atoms with Gasteiger partial charge in [0.2, 0.25) is 15.9 Å². The first kappa shape index (κ1) is 23.5. The van der Waals surface area contributed by atoms with E-state index in [1.54, 1.807) is 12.1 Å². The number of alkyl halides is 3. The molecular formula is C20H15ClF3N3O4S. The minimum absolute atomic E-state index is 0.0532. The number of hydrogen-bond donors (Lipinski definition) is 1.